The van der Waals surface area contributed by atoms with Gasteiger partial charge in [0.2, 0.25) is 5.91 Å². The highest BCUT2D eigenvalue weighted by Gasteiger charge is 2.43. The molecule has 2 fully saturated rings. The molecule has 0 spiro atoms. The fourth-order valence-corrected chi connectivity index (χ4v) is 3.37. The van der Waals surface area contributed by atoms with Crippen molar-refractivity contribution in [2.45, 2.75) is 25.7 Å². The van der Waals surface area contributed by atoms with Crippen LogP contribution in [-0.2, 0) is 14.3 Å². The summed E-state index contributed by atoms with van der Waals surface area (Å²) >= 11 is 0. The maximum Gasteiger partial charge on any atom is 0.303 e. The number of methoxy groups -OCH3 is 1. The lowest BCUT2D eigenvalue weighted by atomic mass is 9.78. The molecule has 0 aliphatic carbocycles. The third kappa shape index (κ3) is 3.30. The Kier molecular flexibility index (Phi) is 4.99. The van der Waals surface area contributed by atoms with Crippen LogP contribution >= 0.6 is 0 Å². The first-order valence-corrected chi connectivity index (χ1v) is 7.28. The minimum absolute atomic E-state index is 0.0951. The average molecular weight is 284 g/mol. The van der Waals surface area contributed by atoms with E-state index in [1.54, 1.807) is 7.11 Å². The Morgan fingerprint density at radius 1 is 1.40 bits per heavy atom. The van der Waals surface area contributed by atoms with Gasteiger partial charge >= 0.3 is 5.97 Å². The van der Waals surface area contributed by atoms with Gasteiger partial charge in [-0.15, -0.1) is 0 Å². The highest BCUT2D eigenvalue weighted by Crippen LogP contribution is 2.34. The summed E-state index contributed by atoms with van der Waals surface area (Å²) in [5, 5.41) is 12.1. The number of ether oxygens (including phenoxy) is 1. The minimum Gasteiger partial charge on any atom is -0.481 e. The van der Waals surface area contributed by atoms with Crippen molar-refractivity contribution in [2.75, 3.05) is 39.9 Å². The Labute approximate surface area is 119 Å². The largest absolute Gasteiger partial charge is 0.481 e. The molecule has 1 unspecified atom stereocenters. The van der Waals surface area contributed by atoms with E-state index in [0.717, 1.165) is 32.4 Å². The third-order valence-electron chi connectivity index (χ3n) is 4.47. The second kappa shape index (κ2) is 6.54. The Hall–Kier alpha value is -1.14. The molecule has 0 radical (unpaired) electrons. The molecule has 1 amide bonds. The summed E-state index contributed by atoms with van der Waals surface area (Å²) in [6, 6.07) is 0. The van der Waals surface area contributed by atoms with Gasteiger partial charge in [0.15, 0.2) is 0 Å². The lowest BCUT2D eigenvalue weighted by Gasteiger charge is -2.38. The van der Waals surface area contributed by atoms with Crippen molar-refractivity contribution in [1.29, 1.82) is 0 Å². The molecule has 2 aliphatic heterocycles. The van der Waals surface area contributed by atoms with Crippen LogP contribution in [0, 0.1) is 11.3 Å². The molecule has 2 aliphatic rings. The minimum atomic E-state index is -0.780. The van der Waals surface area contributed by atoms with Gasteiger partial charge in [0, 0.05) is 26.6 Å². The number of aliphatic carboxylic acids is 1. The normalized spacial score (nSPS) is 25.6. The van der Waals surface area contributed by atoms with Gasteiger partial charge < -0.3 is 20.1 Å². The van der Waals surface area contributed by atoms with Crippen LogP contribution in [0.15, 0.2) is 0 Å². The Morgan fingerprint density at radius 2 is 2.10 bits per heavy atom. The van der Waals surface area contributed by atoms with Crippen LogP contribution in [-0.4, -0.2) is 61.8 Å². The van der Waals surface area contributed by atoms with Gasteiger partial charge in [-0.3, -0.25) is 9.59 Å². The van der Waals surface area contributed by atoms with Crippen LogP contribution in [0.4, 0.5) is 0 Å². The summed E-state index contributed by atoms with van der Waals surface area (Å²) in [4.78, 5) is 25.4. The summed E-state index contributed by atoms with van der Waals surface area (Å²) in [5.74, 6) is -0.538. The number of hydrogen-bond donors (Lipinski definition) is 2. The van der Waals surface area contributed by atoms with E-state index in [-0.39, 0.29) is 18.2 Å². The van der Waals surface area contributed by atoms with Gasteiger partial charge in [-0.1, -0.05) is 0 Å². The summed E-state index contributed by atoms with van der Waals surface area (Å²) in [6.07, 6.45) is 2.53. The van der Waals surface area contributed by atoms with Crippen LogP contribution in [0.5, 0.6) is 0 Å². The van der Waals surface area contributed by atoms with Crippen molar-refractivity contribution in [3.05, 3.63) is 0 Å². The van der Waals surface area contributed by atoms with Crippen molar-refractivity contribution in [1.82, 2.24) is 10.2 Å². The van der Waals surface area contributed by atoms with E-state index in [9.17, 15) is 9.59 Å². The van der Waals surface area contributed by atoms with E-state index in [1.165, 1.54) is 0 Å². The molecule has 2 heterocycles. The van der Waals surface area contributed by atoms with Gasteiger partial charge in [-0.25, -0.2) is 0 Å². The average Bonchev–Trinajstić information content (AvgIpc) is 2.87. The summed E-state index contributed by atoms with van der Waals surface area (Å²) in [6.45, 7) is 3.37. The summed E-state index contributed by atoms with van der Waals surface area (Å²) in [5.41, 5.74) is -0.419. The number of carbonyl (C=O) groups is 2. The Morgan fingerprint density at radius 3 is 2.70 bits per heavy atom. The second-order valence-corrected chi connectivity index (χ2v) is 5.97. The van der Waals surface area contributed by atoms with E-state index in [4.69, 9.17) is 9.84 Å². The van der Waals surface area contributed by atoms with Crippen molar-refractivity contribution in [3.63, 3.8) is 0 Å². The molecule has 6 heteroatoms. The highest BCUT2D eigenvalue weighted by molar-refractivity contribution is 5.83. The zero-order valence-corrected chi connectivity index (χ0v) is 12.1. The molecule has 2 saturated heterocycles. The first kappa shape index (κ1) is 15.3. The number of carboxylic acids is 1. The Balaban J connectivity index is 2.00. The van der Waals surface area contributed by atoms with Crippen molar-refractivity contribution < 1.29 is 19.4 Å². The molecule has 2 N–H and O–H groups in total. The van der Waals surface area contributed by atoms with E-state index in [0.29, 0.717) is 19.7 Å². The molecular weight excluding hydrogens is 260 g/mol. The quantitative estimate of drug-likeness (QED) is 0.760. The number of carbonyl (C=O) groups excluding carboxylic acids is 1. The van der Waals surface area contributed by atoms with Gasteiger partial charge in [-0.05, 0) is 38.3 Å². The molecule has 114 valence electrons. The first-order valence-electron chi connectivity index (χ1n) is 7.28. The molecule has 20 heavy (non-hydrogen) atoms. The van der Waals surface area contributed by atoms with Crippen LogP contribution in [0.25, 0.3) is 0 Å². The lowest BCUT2D eigenvalue weighted by molar-refractivity contribution is -0.147. The lowest BCUT2D eigenvalue weighted by Crippen LogP contribution is -2.51. The van der Waals surface area contributed by atoms with Gasteiger partial charge in [0.05, 0.1) is 12.0 Å². The fraction of sp³-hybridized carbons (Fsp3) is 0.857. The number of carboxylic acid groups (broad SMARTS) is 1. The fourth-order valence-electron chi connectivity index (χ4n) is 3.37. The van der Waals surface area contributed by atoms with Crippen molar-refractivity contribution in [2.24, 2.45) is 11.3 Å². The number of nitrogens with zero attached hydrogens (tertiary/aromatic N) is 1. The standard InChI is InChI=1S/C14H24N2O4/c1-20-10-14(3-5-15-6-4-14)13(19)16-7-2-11(9-16)8-12(17)18/h11,15H,2-10H2,1H3,(H,17,18). The molecule has 0 aromatic carbocycles. The Bertz CT molecular complexity index is 361. The maximum atomic E-state index is 12.8. The van der Waals surface area contributed by atoms with E-state index in [2.05, 4.69) is 5.32 Å². The number of nitrogens with one attached hydrogen (secondary N) is 1. The molecule has 6 nitrogen and oxygen atoms in total. The summed E-state index contributed by atoms with van der Waals surface area (Å²) < 4.78 is 5.29. The highest BCUT2D eigenvalue weighted by atomic mass is 16.5. The second-order valence-electron chi connectivity index (χ2n) is 5.97. The SMILES string of the molecule is COCC1(C(=O)N2CCC(CC(=O)O)C2)CCNCC1. The van der Waals surface area contributed by atoms with Gasteiger partial charge in [0.1, 0.15) is 0 Å². The molecular formula is C14H24N2O4. The van der Waals surface area contributed by atoms with E-state index < -0.39 is 11.4 Å². The molecule has 1 atom stereocenters. The molecule has 0 saturated carbocycles. The molecule has 0 aromatic rings. The summed E-state index contributed by atoms with van der Waals surface area (Å²) in [7, 11) is 1.63. The van der Waals surface area contributed by atoms with Crippen LogP contribution in [0.1, 0.15) is 25.7 Å². The smallest absolute Gasteiger partial charge is 0.303 e. The maximum absolute atomic E-state index is 12.8. The first-order chi connectivity index (χ1) is 9.57. The number of amides is 1. The number of hydrogen-bond acceptors (Lipinski definition) is 4. The van der Waals surface area contributed by atoms with Crippen LogP contribution in [0.3, 0.4) is 0 Å². The number of rotatable bonds is 5. The van der Waals surface area contributed by atoms with E-state index in [1.807, 2.05) is 4.90 Å². The molecule has 0 bridgehead atoms. The molecule has 2 rings (SSSR count). The zero-order valence-electron chi connectivity index (χ0n) is 12.1. The zero-order chi connectivity index (χ0) is 14.6. The van der Waals surface area contributed by atoms with Crippen LogP contribution < -0.4 is 5.32 Å². The van der Waals surface area contributed by atoms with Crippen molar-refractivity contribution in [3.8, 4) is 0 Å². The van der Waals surface area contributed by atoms with Gasteiger partial charge in [0.25, 0.3) is 0 Å². The van der Waals surface area contributed by atoms with Gasteiger partial charge in [-0.2, -0.15) is 0 Å². The monoisotopic (exact) mass is 284 g/mol. The number of piperidine rings is 1. The van der Waals surface area contributed by atoms with E-state index >= 15 is 0 Å². The topological polar surface area (TPSA) is 78.9 Å². The van der Waals surface area contributed by atoms with Crippen LogP contribution in [0.2, 0.25) is 0 Å². The van der Waals surface area contributed by atoms with Crippen molar-refractivity contribution >= 4 is 11.9 Å². The predicted octanol–water partition coefficient (Wildman–Crippen LogP) is 0.326. The third-order valence-corrected chi connectivity index (χ3v) is 4.47. The predicted molar refractivity (Wildman–Crippen MR) is 73.4 cm³/mol. The number of likely N-dealkylation sites (tertiary alicyclic amines) is 1. The molecule has 0 aromatic heterocycles.